The molecule has 40 heavy (non-hydrogen) atoms. The first-order valence-corrected chi connectivity index (χ1v) is 13.3. The number of aliphatic hydroxyl groups is 1. The van der Waals surface area contributed by atoms with Gasteiger partial charge in [0.25, 0.3) is 5.91 Å². The third kappa shape index (κ3) is 6.46. The topological polar surface area (TPSA) is 98.6 Å². The van der Waals surface area contributed by atoms with E-state index in [1.807, 2.05) is 72.8 Å². The van der Waals surface area contributed by atoms with Crippen molar-refractivity contribution in [3.63, 3.8) is 0 Å². The Labute approximate surface area is 235 Å². The highest BCUT2D eigenvalue weighted by Gasteiger charge is 2.52. The number of nitrogens with one attached hydrogen (secondary N) is 1. The fourth-order valence-corrected chi connectivity index (χ4v) is 4.70. The summed E-state index contributed by atoms with van der Waals surface area (Å²) in [6.45, 7) is 4.79. The molecule has 0 aliphatic carbocycles. The maximum Gasteiger partial charge on any atom is 0.252 e. The van der Waals surface area contributed by atoms with Gasteiger partial charge in [-0.1, -0.05) is 36.4 Å². The Balaban J connectivity index is 1.60. The highest BCUT2D eigenvalue weighted by Crippen LogP contribution is 2.42. The zero-order valence-corrected chi connectivity index (χ0v) is 23.0. The van der Waals surface area contributed by atoms with E-state index in [1.165, 1.54) is 0 Å². The summed E-state index contributed by atoms with van der Waals surface area (Å²) >= 11 is 0. The summed E-state index contributed by atoms with van der Waals surface area (Å²) in [6, 6.07) is 22.6. The molecule has 0 saturated carbocycles. The Morgan fingerprint density at radius 1 is 1.07 bits per heavy atom. The van der Waals surface area contributed by atoms with Crippen LogP contribution in [0.2, 0.25) is 0 Å². The zero-order chi connectivity index (χ0) is 28.4. The number of carbonyl (C=O) groups is 1. The number of nitrogens with zero attached hydrogens (tertiary/aromatic N) is 1. The molecule has 0 saturated heterocycles. The van der Waals surface area contributed by atoms with Crippen molar-refractivity contribution in [2.45, 2.75) is 30.9 Å². The lowest BCUT2D eigenvalue weighted by molar-refractivity contribution is -0.128. The normalized spacial score (nSPS) is 17.9. The van der Waals surface area contributed by atoms with Crippen LogP contribution in [0.25, 0.3) is 0 Å². The van der Waals surface area contributed by atoms with E-state index >= 15 is 0 Å². The number of aliphatic hydroxyl groups excluding tert-OH is 1. The smallest absolute Gasteiger partial charge is 0.252 e. The van der Waals surface area contributed by atoms with E-state index in [2.05, 4.69) is 11.9 Å². The van der Waals surface area contributed by atoms with Crippen LogP contribution in [0, 0.1) is 0 Å². The number of carbonyl (C=O) groups excluding carboxylic acids is 1. The van der Waals surface area contributed by atoms with E-state index in [1.54, 1.807) is 20.3 Å². The number of hydrogen-bond acceptors (Lipinski definition) is 7. The molecule has 2 atom stereocenters. The minimum absolute atomic E-state index is 0.0736. The number of methoxy groups -OCH3 is 2. The van der Waals surface area contributed by atoms with Crippen molar-refractivity contribution in [3.8, 4) is 17.2 Å². The van der Waals surface area contributed by atoms with E-state index in [0.717, 1.165) is 28.2 Å². The van der Waals surface area contributed by atoms with Gasteiger partial charge in [0.15, 0.2) is 11.6 Å². The second kappa shape index (κ2) is 13.7. The Bertz CT molecular complexity index is 1310. The molecule has 0 radical (unpaired) electrons. The molecule has 210 valence electrons. The molecule has 0 unspecified atom stereocenters. The maximum atomic E-state index is 13.9. The standard InChI is InChI=1S/C32H36N2O6/c1-4-18-32(31(36)33-19-17-25-22-27(37-2)15-16-28(25)38-3)29(23-9-6-5-7-10-23)40-30(34-32)24-11-13-26(14-12-24)39-21-8-20-35/h4-7,9-16,22,29,35H,1,8,17-21H2,2-3H3,(H,33,36)/t29-,32-/m1/s1. The zero-order valence-electron chi connectivity index (χ0n) is 23.0. The van der Waals surface area contributed by atoms with Crippen LogP contribution in [0.5, 0.6) is 17.2 Å². The van der Waals surface area contributed by atoms with Gasteiger partial charge < -0.3 is 29.4 Å². The first-order valence-electron chi connectivity index (χ1n) is 13.3. The fraction of sp³-hybridized carbons (Fsp3) is 0.312. The Morgan fingerprint density at radius 2 is 1.82 bits per heavy atom. The third-order valence-corrected chi connectivity index (χ3v) is 6.76. The molecule has 2 N–H and O–H groups in total. The minimum Gasteiger partial charge on any atom is -0.497 e. The van der Waals surface area contributed by atoms with Crippen LogP contribution < -0.4 is 19.5 Å². The average Bonchev–Trinajstić information content (AvgIpc) is 3.38. The van der Waals surface area contributed by atoms with E-state index < -0.39 is 11.6 Å². The summed E-state index contributed by atoms with van der Waals surface area (Å²) in [4.78, 5) is 18.9. The summed E-state index contributed by atoms with van der Waals surface area (Å²) in [6.07, 6.45) is 2.44. The predicted octanol–water partition coefficient (Wildman–Crippen LogP) is 4.66. The highest BCUT2D eigenvalue weighted by molar-refractivity contribution is 6.01. The minimum atomic E-state index is -1.24. The second-order valence-corrected chi connectivity index (χ2v) is 9.38. The molecule has 3 aromatic rings. The van der Waals surface area contributed by atoms with Gasteiger partial charge in [-0.3, -0.25) is 4.79 Å². The summed E-state index contributed by atoms with van der Waals surface area (Å²) in [5.74, 6) is 2.26. The molecule has 0 fully saturated rings. The van der Waals surface area contributed by atoms with Gasteiger partial charge in [-0.15, -0.1) is 6.58 Å². The largest absolute Gasteiger partial charge is 0.497 e. The van der Waals surface area contributed by atoms with Crippen LogP contribution in [0.4, 0.5) is 0 Å². The third-order valence-electron chi connectivity index (χ3n) is 6.76. The molecular weight excluding hydrogens is 508 g/mol. The van der Waals surface area contributed by atoms with Gasteiger partial charge in [0, 0.05) is 31.6 Å². The summed E-state index contributed by atoms with van der Waals surface area (Å²) in [5.41, 5.74) is 1.26. The Kier molecular flexibility index (Phi) is 9.81. The fourth-order valence-electron chi connectivity index (χ4n) is 4.70. The monoisotopic (exact) mass is 544 g/mol. The van der Waals surface area contributed by atoms with Crippen LogP contribution in [0.15, 0.2) is 90.4 Å². The van der Waals surface area contributed by atoms with Gasteiger partial charge >= 0.3 is 0 Å². The van der Waals surface area contributed by atoms with Crippen molar-refractivity contribution in [2.24, 2.45) is 4.99 Å². The lowest BCUT2D eigenvalue weighted by Gasteiger charge is -2.29. The van der Waals surface area contributed by atoms with E-state index in [-0.39, 0.29) is 18.9 Å². The van der Waals surface area contributed by atoms with Gasteiger partial charge in [0.2, 0.25) is 5.90 Å². The van der Waals surface area contributed by atoms with Gasteiger partial charge in [0.05, 0.1) is 20.8 Å². The first kappa shape index (κ1) is 28.7. The van der Waals surface area contributed by atoms with Crippen molar-refractivity contribution in [1.29, 1.82) is 0 Å². The lowest BCUT2D eigenvalue weighted by Crippen LogP contribution is -2.48. The van der Waals surface area contributed by atoms with Crippen LogP contribution >= 0.6 is 0 Å². The first-order chi connectivity index (χ1) is 19.5. The van der Waals surface area contributed by atoms with Gasteiger partial charge in [-0.25, -0.2) is 4.99 Å². The van der Waals surface area contributed by atoms with Crippen molar-refractivity contribution in [2.75, 3.05) is 34.0 Å². The van der Waals surface area contributed by atoms with Crippen LogP contribution in [-0.4, -0.2) is 56.4 Å². The highest BCUT2D eigenvalue weighted by atomic mass is 16.5. The number of ether oxygens (including phenoxy) is 4. The molecule has 8 nitrogen and oxygen atoms in total. The molecule has 1 amide bonds. The van der Waals surface area contributed by atoms with Gasteiger partial charge in [-0.2, -0.15) is 0 Å². The molecule has 0 bridgehead atoms. The number of rotatable bonds is 14. The molecule has 1 aliphatic heterocycles. The van der Waals surface area contributed by atoms with E-state index in [9.17, 15) is 4.79 Å². The number of aliphatic imine (C=N–C) groups is 1. The molecule has 0 spiro atoms. The Morgan fingerprint density at radius 3 is 2.50 bits per heavy atom. The second-order valence-electron chi connectivity index (χ2n) is 9.38. The molecule has 4 rings (SSSR count). The summed E-state index contributed by atoms with van der Waals surface area (Å²) in [7, 11) is 3.23. The molecular formula is C32H36N2O6. The lowest BCUT2D eigenvalue weighted by atomic mass is 9.84. The maximum absolute atomic E-state index is 13.9. The molecule has 8 heteroatoms. The summed E-state index contributed by atoms with van der Waals surface area (Å²) in [5, 5.41) is 12.1. The van der Waals surface area contributed by atoms with Crippen molar-refractivity contribution < 1.29 is 28.8 Å². The molecule has 1 heterocycles. The van der Waals surface area contributed by atoms with Crippen molar-refractivity contribution in [3.05, 3.63) is 102 Å². The quantitative estimate of drug-likeness (QED) is 0.226. The Hall–Kier alpha value is -4.30. The SMILES string of the molecule is C=CC[C@@]1(C(=O)NCCc2cc(OC)ccc2OC)N=C(c2ccc(OCCCO)cc2)O[C@@H]1c1ccccc1. The summed E-state index contributed by atoms with van der Waals surface area (Å²) < 4.78 is 22.9. The van der Waals surface area contributed by atoms with Gasteiger partial charge in [0.1, 0.15) is 17.2 Å². The molecule has 1 aliphatic rings. The molecule has 3 aromatic carbocycles. The van der Waals surface area contributed by atoms with Crippen LogP contribution in [-0.2, 0) is 16.0 Å². The predicted molar refractivity (Wildman–Crippen MR) is 154 cm³/mol. The van der Waals surface area contributed by atoms with E-state index in [4.69, 9.17) is 29.0 Å². The van der Waals surface area contributed by atoms with E-state index in [0.29, 0.717) is 37.6 Å². The number of amides is 1. The molecule has 0 aromatic heterocycles. The van der Waals surface area contributed by atoms with Crippen LogP contribution in [0.1, 0.15) is 35.6 Å². The number of benzene rings is 3. The van der Waals surface area contributed by atoms with Crippen molar-refractivity contribution in [1.82, 2.24) is 5.32 Å². The number of hydrogen-bond donors (Lipinski definition) is 2. The average molecular weight is 545 g/mol. The van der Waals surface area contributed by atoms with Crippen molar-refractivity contribution >= 4 is 11.8 Å². The van der Waals surface area contributed by atoms with Gasteiger partial charge in [-0.05, 0) is 60.0 Å². The van der Waals surface area contributed by atoms with Crippen LogP contribution in [0.3, 0.4) is 0 Å².